The van der Waals surface area contributed by atoms with E-state index in [9.17, 15) is 10.2 Å². The average Bonchev–Trinajstić information content (AvgIpc) is 2.38. The molecule has 1 heterocycles. The van der Waals surface area contributed by atoms with Crippen LogP contribution in [0.3, 0.4) is 0 Å². The topological polar surface area (TPSA) is 46.9 Å². The minimum atomic E-state index is -0.637. The Morgan fingerprint density at radius 1 is 1.15 bits per heavy atom. The zero-order valence-electron chi connectivity index (χ0n) is 12.8. The number of β-amino-alcohol motifs (C(OH)–C–C–N with tert-alkyl or cyclic N) is 1. The lowest BCUT2D eigenvalue weighted by atomic mass is 10.1. The number of aliphatic hydroxyl groups is 2. The summed E-state index contributed by atoms with van der Waals surface area (Å²) in [5, 5.41) is 19.4. The third kappa shape index (κ3) is 3.95. The molecular formula is C16H26N2O2. The normalized spacial score (nSPS) is 17.6. The zero-order valence-corrected chi connectivity index (χ0v) is 12.8. The highest BCUT2D eigenvalue weighted by atomic mass is 16.3. The molecular weight excluding hydrogens is 252 g/mol. The summed E-state index contributed by atoms with van der Waals surface area (Å²) >= 11 is 0. The van der Waals surface area contributed by atoms with Gasteiger partial charge in [-0.15, -0.1) is 0 Å². The molecule has 1 aliphatic heterocycles. The van der Waals surface area contributed by atoms with Gasteiger partial charge < -0.3 is 15.1 Å². The first kappa shape index (κ1) is 15.3. The average molecular weight is 278 g/mol. The molecule has 0 radical (unpaired) electrons. The van der Waals surface area contributed by atoms with E-state index < -0.39 is 5.60 Å². The molecule has 1 fully saturated rings. The molecule has 1 saturated heterocycles. The van der Waals surface area contributed by atoms with Crippen molar-refractivity contribution in [3.05, 3.63) is 29.3 Å². The van der Waals surface area contributed by atoms with Crippen molar-refractivity contribution in [2.75, 3.05) is 37.6 Å². The number of anilines is 1. The van der Waals surface area contributed by atoms with Gasteiger partial charge >= 0.3 is 0 Å². The van der Waals surface area contributed by atoms with Gasteiger partial charge in [0.2, 0.25) is 0 Å². The van der Waals surface area contributed by atoms with Crippen LogP contribution < -0.4 is 4.90 Å². The molecule has 0 saturated carbocycles. The van der Waals surface area contributed by atoms with Crippen LogP contribution in [0.1, 0.15) is 25.0 Å². The van der Waals surface area contributed by atoms with Gasteiger partial charge in [-0.3, -0.25) is 4.90 Å². The lowest BCUT2D eigenvalue weighted by Gasteiger charge is -2.39. The Morgan fingerprint density at radius 2 is 1.80 bits per heavy atom. The summed E-state index contributed by atoms with van der Waals surface area (Å²) in [5.41, 5.74) is 2.68. The van der Waals surface area contributed by atoms with Crippen molar-refractivity contribution in [1.82, 2.24) is 4.90 Å². The molecule has 0 amide bonds. The van der Waals surface area contributed by atoms with Crippen LogP contribution in [0.25, 0.3) is 0 Å². The molecule has 4 heteroatoms. The molecule has 4 nitrogen and oxygen atoms in total. The van der Waals surface area contributed by atoms with Crippen LogP contribution in [0.4, 0.5) is 5.69 Å². The van der Waals surface area contributed by atoms with Gasteiger partial charge in [0, 0.05) is 44.0 Å². The smallest absolute Gasteiger partial charge is 0.0718 e. The van der Waals surface area contributed by atoms with Gasteiger partial charge in [-0.2, -0.15) is 0 Å². The molecule has 0 spiro atoms. The van der Waals surface area contributed by atoms with E-state index in [0.717, 1.165) is 37.4 Å². The Bertz CT molecular complexity index is 446. The van der Waals surface area contributed by atoms with E-state index in [1.165, 1.54) is 5.56 Å². The van der Waals surface area contributed by atoms with E-state index in [0.29, 0.717) is 6.54 Å². The molecule has 0 aliphatic carbocycles. The number of hydrogen-bond acceptors (Lipinski definition) is 4. The van der Waals surface area contributed by atoms with Crippen LogP contribution in [-0.2, 0) is 6.61 Å². The van der Waals surface area contributed by atoms with Crippen molar-refractivity contribution in [3.8, 4) is 0 Å². The number of aryl methyl sites for hydroxylation is 1. The molecule has 20 heavy (non-hydrogen) atoms. The van der Waals surface area contributed by atoms with Crippen molar-refractivity contribution in [3.63, 3.8) is 0 Å². The molecule has 1 aromatic carbocycles. The Labute approximate surface area is 121 Å². The van der Waals surface area contributed by atoms with E-state index >= 15 is 0 Å². The Balaban J connectivity index is 2.00. The third-order valence-corrected chi connectivity index (χ3v) is 3.73. The van der Waals surface area contributed by atoms with Crippen molar-refractivity contribution in [2.24, 2.45) is 0 Å². The summed E-state index contributed by atoms with van der Waals surface area (Å²) in [6.07, 6.45) is 0. The molecule has 0 atom stereocenters. The molecule has 2 N–H and O–H groups in total. The van der Waals surface area contributed by atoms with E-state index in [1.54, 1.807) is 0 Å². The first-order valence-corrected chi connectivity index (χ1v) is 7.29. The lowest BCUT2D eigenvalue weighted by molar-refractivity contribution is 0.0345. The minimum absolute atomic E-state index is 0.0842. The van der Waals surface area contributed by atoms with E-state index in [1.807, 2.05) is 20.8 Å². The summed E-state index contributed by atoms with van der Waals surface area (Å²) < 4.78 is 0. The third-order valence-electron chi connectivity index (χ3n) is 3.73. The second kappa shape index (κ2) is 6.12. The van der Waals surface area contributed by atoms with Gasteiger partial charge in [-0.25, -0.2) is 0 Å². The molecule has 1 aliphatic rings. The van der Waals surface area contributed by atoms with Crippen LogP contribution >= 0.6 is 0 Å². The predicted molar refractivity (Wildman–Crippen MR) is 82.1 cm³/mol. The second-order valence-corrected chi connectivity index (χ2v) is 6.37. The Morgan fingerprint density at radius 3 is 2.35 bits per heavy atom. The van der Waals surface area contributed by atoms with E-state index in [4.69, 9.17) is 0 Å². The number of aliphatic hydroxyl groups excluding tert-OH is 1. The summed E-state index contributed by atoms with van der Waals surface area (Å²) in [4.78, 5) is 4.62. The highest BCUT2D eigenvalue weighted by molar-refractivity contribution is 5.55. The second-order valence-electron chi connectivity index (χ2n) is 6.37. The Kier molecular flexibility index (Phi) is 4.68. The summed E-state index contributed by atoms with van der Waals surface area (Å²) in [6, 6.07) is 6.25. The van der Waals surface area contributed by atoms with E-state index in [-0.39, 0.29) is 6.61 Å². The van der Waals surface area contributed by atoms with Crippen LogP contribution in [-0.4, -0.2) is 53.4 Å². The summed E-state index contributed by atoms with van der Waals surface area (Å²) in [5.74, 6) is 0. The fourth-order valence-corrected chi connectivity index (χ4v) is 2.84. The number of hydrogen-bond donors (Lipinski definition) is 2. The minimum Gasteiger partial charge on any atom is -0.392 e. The van der Waals surface area contributed by atoms with Gasteiger partial charge in [0.25, 0.3) is 0 Å². The Hall–Kier alpha value is -1.10. The van der Waals surface area contributed by atoms with Crippen LogP contribution in [0.2, 0.25) is 0 Å². The molecule has 2 rings (SSSR count). The van der Waals surface area contributed by atoms with E-state index in [2.05, 4.69) is 28.0 Å². The zero-order chi connectivity index (χ0) is 14.8. The molecule has 112 valence electrons. The van der Waals surface area contributed by atoms with Crippen molar-refractivity contribution in [1.29, 1.82) is 0 Å². The highest BCUT2D eigenvalue weighted by Crippen LogP contribution is 2.23. The summed E-state index contributed by atoms with van der Waals surface area (Å²) in [6.45, 7) is 10.3. The molecule has 0 unspecified atom stereocenters. The highest BCUT2D eigenvalue weighted by Gasteiger charge is 2.23. The van der Waals surface area contributed by atoms with Gasteiger partial charge in [-0.1, -0.05) is 17.7 Å². The van der Waals surface area contributed by atoms with Crippen molar-refractivity contribution < 1.29 is 10.2 Å². The summed E-state index contributed by atoms with van der Waals surface area (Å²) in [7, 11) is 0. The molecule has 1 aromatic rings. The number of benzene rings is 1. The SMILES string of the molecule is Cc1ccc(N2CCN(CC(C)(C)O)CC2)c(CO)c1. The fourth-order valence-electron chi connectivity index (χ4n) is 2.84. The first-order chi connectivity index (χ1) is 9.39. The van der Waals surface area contributed by atoms with Crippen molar-refractivity contribution >= 4 is 5.69 Å². The van der Waals surface area contributed by atoms with Gasteiger partial charge in [0.05, 0.1) is 12.2 Å². The maximum atomic E-state index is 9.88. The standard InChI is InChI=1S/C16H26N2O2/c1-13-4-5-15(14(10-13)11-19)18-8-6-17(7-9-18)12-16(2,3)20/h4-5,10,19-20H,6-9,11-12H2,1-3H3. The maximum absolute atomic E-state index is 9.88. The van der Waals surface area contributed by atoms with Gasteiger partial charge in [0.1, 0.15) is 0 Å². The maximum Gasteiger partial charge on any atom is 0.0718 e. The van der Waals surface area contributed by atoms with Crippen LogP contribution in [0, 0.1) is 6.92 Å². The predicted octanol–water partition coefficient (Wildman–Crippen LogP) is 1.38. The number of piperazine rings is 1. The largest absolute Gasteiger partial charge is 0.392 e. The lowest BCUT2D eigenvalue weighted by Crippen LogP contribution is -2.50. The molecule has 0 aromatic heterocycles. The quantitative estimate of drug-likeness (QED) is 0.873. The first-order valence-electron chi connectivity index (χ1n) is 7.29. The molecule has 0 bridgehead atoms. The van der Waals surface area contributed by atoms with Gasteiger partial charge in [0.15, 0.2) is 0 Å². The van der Waals surface area contributed by atoms with Crippen molar-refractivity contribution in [2.45, 2.75) is 33.0 Å². The van der Waals surface area contributed by atoms with Gasteiger partial charge in [-0.05, 0) is 26.8 Å². The number of nitrogens with zero attached hydrogens (tertiary/aromatic N) is 2. The van der Waals surface area contributed by atoms with Crippen LogP contribution in [0.15, 0.2) is 18.2 Å². The number of rotatable bonds is 4. The monoisotopic (exact) mass is 278 g/mol. The fraction of sp³-hybridized carbons (Fsp3) is 0.625. The van der Waals surface area contributed by atoms with Crippen LogP contribution in [0.5, 0.6) is 0 Å².